The molecule has 0 fully saturated rings. The van der Waals surface area contributed by atoms with E-state index in [1.54, 1.807) is 42.5 Å². The number of para-hydroxylation sites is 1. The smallest absolute Gasteiger partial charge is 0.240 e. The van der Waals surface area contributed by atoms with Gasteiger partial charge < -0.3 is 4.74 Å². The average molecular weight is 417 g/mol. The predicted molar refractivity (Wildman–Crippen MR) is 117 cm³/mol. The van der Waals surface area contributed by atoms with E-state index in [4.69, 9.17) is 4.74 Å². The molecule has 0 radical (unpaired) electrons. The molecule has 0 unspecified atom stereocenters. The standard InChI is InChI=1S/C23H19N3O3S/c27-30(28,17-18-10-4-1-5-11-18)26-23-24-21(19-12-6-2-7-13-19)16-22(25-23)29-20-14-8-3-9-15-20/h1-16H,17H2,(H,24,25,26). The molecule has 30 heavy (non-hydrogen) atoms. The summed E-state index contributed by atoms with van der Waals surface area (Å²) in [6, 6.07) is 29.2. The van der Waals surface area contributed by atoms with E-state index in [-0.39, 0.29) is 17.6 Å². The summed E-state index contributed by atoms with van der Waals surface area (Å²) in [6.07, 6.45) is 0. The number of anilines is 1. The number of hydrogen-bond donors (Lipinski definition) is 1. The summed E-state index contributed by atoms with van der Waals surface area (Å²) in [4.78, 5) is 8.65. The molecule has 0 amide bonds. The van der Waals surface area contributed by atoms with Gasteiger partial charge in [-0.3, -0.25) is 4.72 Å². The number of hydrogen-bond acceptors (Lipinski definition) is 5. The fraction of sp³-hybridized carbons (Fsp3) is 0.0435. The van der Waals surface area contributed by atoms with Gasteiger partial charge in [-0.1, -0.05) is 78.9 Å². The summed E-state index contributed by atoms with van der Waals surface area (Å²) in [6.45, 7) is 0. The van der Waals surface area contributed by atoms with Crippen LogP contribution in [0.2, 0.25) is 0 Å². The van der Waals surface area contributed by atoms with E-state index < -0.39 is 10.0 Å². The van der Waals surface area contributed by atoms with E-state index in [1.165, 1.54) is 0 Å². The minimum absolute atomic E-state index is 0.0433. The zero-order valence-corrected chi connectivity index (χ0v) is 16.8. The van der Waals surface area contributed by atoms with Crippen molar-refractivity contribution in [3.8, 4) is 22.9 Å². The van der Waals surface area contributed by atoms with Crippen molar-refractivity contribution in [1.29, 1.82) is 0 Å². The van der Waals surface area contributed by atoms with Crippen molar-refractivity contribution in [3.63, 3.8) is 0 Å². The van der Waals surface area contributed by atoms with Gasteiger partial charge in [-0.15, -0.1) is 0 Å². The minimum Gasteiger partial charge on any atom is -0.439 e. The first-order valence-electron chi connectivity index (χ1n) is 9.29. The van der Waals surface area contributed by atoms with Crippen LogP contribution < -0.4 is 9.46 Å². The molecule has 0 saturated carbocycles. The molecule has 1 heterocycles. The highest BCUT2D eigenvalue weighted by Crippen LogP contribution is 2.26. The van der Waals surface area contributed by atoms with Crippen molar-refractivity contribution in [3.05, 3.63) is 103 Å². The normalized spacial score (nSPS) is 11.1. The molecule has 3 aromatic carbocycles. The van der Waals surface area contributed by atoms with Gasteiger partial charge in [0.1, 0.15) is 5.75 Å². The first-order chi connectivity index (χ1) is 14.6. The van der Waals surface area contributed by atoms with Crippen LogP contribution in [-0.4, -0.2) is 18.4 Å². The summed E-state index contributed by atoms with van der Waals surface area (Å²) in [5.41, 5.74) is 2.04. The van der Waals surface area contributed by atoms with E-state index in [0.29, 0.717) is 17.0 Å². The van der Waals surface area contributed by atoms with Gasteiger partial charge >= 0.3 is 0 Å². The molecule has 6 nitrogen and oxygen atoms in total. The van der Waals surface area contributed by atoms with Crippen LogP contribution in [0.1, 0.15) is 5.56 Å². The zero-order chi connectivity index (χ0) is 20.8. The largest absolute Gasteiger partial charge is 0.439 e. The molecular weight excluding hydrogens is 398 g/mol. The van der Waals surface area contributed by atoms with Crippen molar-refractivity contribution < 1.29 is 13.2 Å². The Morgan fingerprint density at radius 2 is 1.37 bits per heavy atom. The lowest BCUT2D eigenvalue weighted by molar-refractivity contribution is 0.463. The number of ether oxygens (including phenoxy) is 1. The second-order valence-corrected chi connectivity index (χ2v) is 8.27. The minimum atomic E-state index is -3.71. The van der Waals surface area contributed by atoms with E-state index in [1.807, 2.05) is 54.6 Å². The van der Waals surface area contributed by atoms with Crippen LogP contribution in [0, 0.1) is 0 Å². The van der Waals surface area contributed by atoms with Crippen LogP contribution in [0.25, 0.3) is 11.3 Å². The fourth-order valence-electron chi connectivity index (χ4n) is 2.86. The van der Waals surface area contributed by atoms with E-state index in [9.17, 15) is 8.42 Å². The lowest BCUT2D eigenvalue weighted by Crippen LogP contribution is -2.17. The number of nitrogens with one attached hydrogen (secondary N) is 1. The van der Waals surface area contributed by atoms with Gasteiger partial charge in [0.15, 0.2) is 0 Å². The first kappa shape index (κ1) is 19.6. The summed E-state index contributed by atoms with van der Waals surface area (Å²) in [5, 5.41) is 0. The Morgan fingerprint density at radius 3 is 2.03 bits per heavy atom. The SMILES string of the molecule is O=S(=O)(Cc1ccccc1)Nc1nc(Oc2ccccc2)cc(-c2ccccc2)n1. The van der Waals surface area contributed by atoms with Gasteiger partial charge in [-0.2, -0.15) is 4.98 Å². The first-order valence-corrected chi connectivity index (χ1v) is 10.9. The third kappa shape index (κ3) is 5.21. The average Bonchev–Trinajstić information content (AvgIpc) is 2.75. The Kier molecular flexibility index (Phi) is 5.72. The van der Waals surface area contributed by atoms with E-state index in [2.05, 4.69) is 14.7 Å². The molecular formula is C23H19N3O3S. The highest BCUT2D eigenvalue weighted by atomic mass is 32.2. The van der Waals surface area contributed by atoms with Gasteiger partial charge in [0.05, 0.1) is 11.4 Å². The molecule has 0 aliphatic carbocycles. The molecule has 0 bridgehead atoms. The highest BCUT2D eigenvalue weighted by molar-refractivity contribution is 7.91. The Bertz CT molecular complexity index is 1220. The van der Waals surface area contributed by atoms with Crippen LogP contribution in [-0.2, 0) is 15.8 Å². The molecule has 0 atom stereocenters. The topological polar surface area (TPSA) is 81.2 Å². The molecule has 0 spiro atoms. The van der Waals surface area contributed by atoms with Crippen molar-refractivity contribution >= 4 is 16.0 Å². The molecule has 4 aromatic rings. The Morgan fingerprint density at radius 1 is 0.767 bits per heavy atom. The molecule has 1 N–H and O–H groups in total. The second kappa shape index (κ2) is 8.75. The lowest BCUT2D eigenvalue weighted by Gasteiger charge is -2.11. The maximum atomic E-state index is 12.7. The molecule has 150 valence electrons. The highest BCUT2D eigenvalue weighted by Gasteiger charge is 2.16. The number of rotatable bonds is 7. The quantitative estimate of drug-likeness (QED) is 0.464. The van der Waals surface area contributed by atoms with Crippen molar-refractivity contribution in [2.45, 2.75) is 5.75 Å². The molecule has 0 saturated heterocycles. The lowest BCUT2D eigenvalue weighted by atomic mass is 10.1. The van der Waals surface area contributed by atoms with Gasteiger partial charge in [-0.05, 0) is 17.7 Å². The summed E-state index contributed by atoms with van der Waals surface area (Å²) < 4.78 is 33.6. The van der Waals surface area contributed by atoms with Crippen LogP contribution in [0.3, 0.4) is 0 Å². The Balaban J connectivity index is 1.66. The van der Waals surface area contributed by atoms with Gasteiger partial charge in [0.2, 0.25) is 21.9 Å². The second-order valence-electron chi connectivity index (χ2n) is 6.54. The van der Waals surface area contributed by atoms with Crippen molar-refractivity contribution in [2.24, 2.45) is 0 Å². The third-order valence-electron chi connectivity index (χ3n) is 4.18. The molecule has 7 heteroatoms. The van der Waals surface area contributed by atoms with Crippen molar-refractivity contribution in [1.82, 2.24) is 9.97 Å². The number of benzene rings is 3. The number of aromatic nitrogens is 2. The van der Waals surface area contributed by atoms with Crippen molar-refractivity contribution in [2.75, 3.05) is 4.72 Å². The molecule has 4 rings (SSSR count). The van der Waals surface area contributed by atoms with Gasteiger partial charge in [-0.25, -0.2) is 13.4 Å². The Hall–Kier alpha value is -3.71. The number of sulfonamides is 1. The number of nitrogens with zero attached hydrogens (tertiary/aromatic N) is 2. The summed E-state index contributed by atoms with van der Waals surface area (Å²) in [7, 11) is -3.71. The van der Waals surface area contributed by atoms with Crippen LogP contribution in [0.4, 0.5) is 5.95 Å². The van der Waals surface area contributed by atoms with Crippen LogP contribution in [0.5, 0.6) is 11.6 Å². The zero-order valence-electron chi connectivity index (χ0n) is 16.0. The summed E-state index contributed by atoms with van der Waals surface area (Å²) in [5.74, 6) is 0.612. The van der Waals surface area contributed by atoms with Gasteiger partial charge in [0.25, 0.3) is 0 Å². The fourth-order valence-corrected chi connectivity index (χ4v) is 3.93. The predicted octanol–water partition coefficient (Wildman–Crippen LogP) is 4.88. The maximum absolute atomic E-state index is 12.7. The maximum Gasteiger partial charge on any atom is 0.240 e. The van der Waals surface area contributed by atoms with Crippen LogP contribution >= 0.6 is 0 Å². The third-order valence-corrected chi connectivity index (χ3v) is 5.39. The monoisotopic (exact) mass is 417 g/mol. The Labute approximate surface area is 175 Å². The van der Waals surface area contributed by atoms with E-state index in [0.717, 1.165) is 5.56 Å². The summed E-state index contributed by atoms with van der Waals surface area (Å²) >= 11 is 0. The van der Waals surface area contributed by atoms with Gasteiger partial charge in [0, 0.05) is 11.6 Å². The van der Waals surface area contributed by atoms with E-state index >= 15 is 0 Å². The molecule has 1 aromatic heterocycles. The van der Waals surface area contributed by atoms with Crippen LogP contribution in [0.15, 0.2) is 97.1 Å². The molecule has 0 aliphatic heterocycles. The molecule has 0 aliphatic rings.